The molecule has 5 N–H and O–H groups in total. The molecule has 1 aromatic carbocycles. The number of aromatic hydroxyl groups is 1. The van der Waals surface area contributed by atoms with Crippen molar-refractivity contribution in [3.63, 3.8) is 0 Å². The molecule has 0 radical (unpaired) electrons. The van der Waals surface area contributed by atoms with E-state index in [-0.39, 0.29) is 36.2 Å². The number of ketones is 4. The number of primary amides is 1. The number of nitrogens with zero attached hydrogens (tertiary/aromatic N) is 2. The van der Waals surface area contributed by atoms with E-state index < -0.39 is 92.9 Å². The van der Waals surface area contributed by atoms with Gasteiger partial charge in [0.15, 0.2) is 40.4 Å². The second-order valence-corrected chi connectivity index (χ2v) is 12.0. The van der Waals surface area contributed by atoms with Crippen LogP contribution in [0.15, 0.2) is 0 Å². The van der Waals surface area contributed by atoms with E-state index in [0.29, 0.717) is 12.8 Å². The van der Waals surface area contributed by atoms with E-state index in [0.717, 1.165) is 0 Å². The summed E-state index contributed by atoms with van der Waals surface area (Å²) in [7, 11) is 4.65. The Bertz CT molecular complexity index is 1470. The van der Waals surface area contributed by atoms with E-state index in [9.17, 15) is 39.0 Å². The minimum atomic E-state index is -2.87. The Morgan fingerprint density at radius 2 is 1.77 bits per heavy atom. The first-order chi connectivity index (χ1) is 18.7. The van der Waals surface area contributed by atoms with Crippen LogP contribution in [0.5, 0.6) is 5.75 Å². The average Bonchev–Trinajstić information content (AvgIpc) is 3.69. The van der Waals surface area contributed by atoms with Crippen LogP contribution in [0.25, 0.3) is 0 Å². The number of amides is 2. The van der Waals surface area contributed by atoms with E-state index in [1.807, 2.05) is 0 Å². The molecule has 40 heavy (non-hydrogen) atoms. The van der Waals surface area contributed by atoms with Crippen molar-refractivity contribution in [2.45, 2.75) is 49.4 Å². The number of halogens is 1. The number of rotatable bonds is 2. The molecule has 12 nitrogen and oxygen atoms in total. The molecule has 6 rings (SSSR count). The van der Waals surface area contributed by atoms with E-state index in [2.05, 4.69) is 5.32 Å². The van der Waals surface area contributed by atoms with Gasteiger partial charge in [0.05, 0.1) is 23.2 Å². The van der Waals surface area contributed by atoms with Crippen LogP contribution in [-0.2, 0) is 36.9 Å². The van der Waals surface area contributed by atoms with Crippen molar-refractivity contribution in [2.75, 3.05) is 26.5 Å². The molecule has 1 aliphatic heterocycles. The van der Waals surface area contributed by atoms with Gasteiger partial charge in [-0.15, -0.1) is 0 Å². The van der Waals surface area contributed by atoms with Crippen LogP contribution < -0.4 is 11.1 Å². The molecular weight excluding hydrogens is 527 g/mol. The van der Waals surface area contributed by atoms with Crippen molar-refractivity contribution in [3.05, 3.63) is 22.5 Å². The summed E-state index contributed by atoms with van der Waals surface area (Å²) in [6.45, 7) is -0.00937. The van der Waals surface area contributed by atoms with Crippen LogP contribution in [0.4, 0.5) is 10.1 Å². The number of phenolic OH excluding ortho intramolecular Hbond substituents is 1. The fourth-order valence-electron chi connectivity index (χ4n) is 7.55. The summed E-state index contributed by atoms with van der Waals surface area (Å²) in [5.41, 5.74) is 0.764. The van der Waals surface area contributed by atoms with Gasteiger partial charge in [0, 0.05) is 23.6 Å². The highest BCUT2D eigenvalue weighted by Gasteiger charge is 2.69. The number of aliphatic hydroxyl groups is 1. The molecule has 4 aliphatic carbocycles. The van der Waals surface area contributed by atoms with Gasteiger partial charge < -0.3 is 21.3 Å². The van der Waals surface area contributed by atoms with Crippen molar-refractivity contribution in [1.29, 1.82) is 0 Å². The molecule has 0 aromatic heterocycles. The Labute approximate surface area is 227 Å². The summed E-state index contributed by atoms with van der Waals surface area (Å²) >= 11 is 0. The van der Waals surface area contributed by atoms with Gasteiger partial charge in [-0.2, -0.15) is 0 Å². The van der Waals surface area contributed by atoms with Gasteiger partial charge in [-0.05, 0) is 52.7 Å². The SMILES string of the molecule is CN(C)[C@@H]1C(=O)C(C(N)=O)C(=O)[C@@]2(O)C(=O)C3C(=O)c4c(O)c5c(c(F)c4C[C@H]3C[C@@H]12)CN(C)C1(CC1)C(=O)N5. The number of phenols is 1. The summed E-state index contributed by atoms with van der Waals surface area (Å²) in [5, 5.41) is 25.4. The Morgan fingerprint density at radius 1 is 1.12 bits per heavy atom. The summed E-state index contributed by atoms with van der Waals surface area (Å²) in [4.78, 5) is 82.3. The lowest BCUT2D eigenvalue weighted by molar-refractivity contribution is -0.181. The maximum atomic E-state index is 16.1. The highest BCUT2D eigenvalue weighted by Crippen LogP contribution is 2.54. The largest absolute Gasteiger partial charge is 0.505 e. The Kier molecular flexibility index (Phi) is 5.49. The number of nitrogens with one attached hydrogen (secondary N) is 1. The highest BCUT2D eigenvalue weighted by atomic mass is 19.1. The smallest absolute Gasteiger partial charge is 0.245 e. The van der Waals surface area contributed by atoms with Crippen molar-refractivity contribution >= 4 is 40.6 Å². The van der Waals surface area contributed by atoms with Crippen LogP contribution in [-0.4, -0.2) is 93.3 Å². The minimum absolute atomic E-state index is 0.00937. The van der Waals surface area contributed by atoms with Crippen molar-refractivity contribution in [2.24, 2.45) is 29.4 Å². The van der Waals surface area contributed by atoms with Crippen LogP contribution in [0.2, 0.25) is 0 Å². The lowest BCUT2D eigenvalue weighted by Crippen LogP contribution is -2.74. The number of carbonyl (C=O) groups excluding carboxylic acids is 6. The first-order valence-electron chi connectivity index (χ1n) is 13.1. The third kappa shape index (κ3) is 3.10. The molecule has 3 saturated carbocycles. The molecule has 2 unspecified atom stereocenters. The number of anilines is 1. The zero-order chi connectivity index (χ0) is 29.2. The quantitative estimate of drug-likeness (QED) is 0.258. The summed E-state index contributed by atoms with van der Waals surface area (Å²) in [6, 6.07) is -1.24. The molecule has 1 heterocycles. The first kappa shape index (κ1) is 26.7. The van der Waals surface area contributed by atoms with E-state index in [1.165, 1.54) is 19.0 Å². The number of nitrogens with two attached hydrogens (primary N) is 1. The summed E-state index contributed by atoms with van der Waals surface area (Å²) in [5.74, 6) is -13.6. The zero-order valence-corrected chi connectivity index (χ0v) is 22.1. The Hall–Kier alpha value is -3.55. The van der Waals surface area contributed by atoms with Crippen LogP contribution >= 0.6 is 0 Å². The predicted molar refractivity (Wildman–Crippen MR) is 133 cm³/mol. The van der Waals surface area contributed by atoms with Gasteiger partial charge in [-0.1, -0.05) is 0 Å². The van der Waals surface area contributed by atoms with Gasteiger partial charge >= 0.3 is 0 Å². The summed E-state index contributed by atoms with van der Waals surface area (Å²) < 4.78 is 16.1. The van der Waals surface area contributed by atoms with Crippen LogP contribution in [0.1, 0.15) is 40.7 Å². The number of benzene rings is 1. The molecule has 13 heteroatoms. The van der Waals surface area contributed by atoms with E-state index in [4.69, 9.17) is 5.73 Å². The molecular formula is C27H29FN4O8. The number of Topliss-reactive ketones (excluding diaryl/α,β-unsaturated/α-hetero) is 4. The molecule has 0 bridgehead atoms. The fourth-order valence-corrected chi connectivity index (χ4v) is 7.55. The van der Waals surface area contributed by atoms with E-state index in [1.54, 1.807) is 11.9 Å². The molecule has 1 aromatic rings. The summed E-state index contributed by atoms with van der Waals surface area (Å²) in [6.07, 6.45) is 0.729. The predicted octanol–water partition coefficient (Wildman–Crippen LogP) is -1.08. The monoisotopic (exact) mass is 556 g/mol. The molecule has 6 atom stereocenters. The fraction of sp³-hybridized carbons (Fsp3) is 0.556. The number of fused-ring (bicyclic) bond motifs is 4. The number of hydrogen-bond acceptors (Lipinski definition) is 10. The third-order valence-electron chi connectivity index (χ3n) is 9.77. The number of hydrogen-bond donors (Lipinski definition) is 4. The molecule has 3 fully saturated rings. The average molecular weight is 557 g/mol. The minimum Gasteiger partial charge on any atom is -0.505 e. The standard InChI is InChI=1S/C27H29FN4O8/c1-31(2)18-12-7-9-6-10-14(19(33)13(9)22(36)27(12,40)23(37)15(21(18)35)24(29)38)20(34)17-11(16(10)28)8-32(3)26(4-5-26)25(39)30-17/h9,12-13,15,18,34,40H,4-8H2,1-3H3,(H2,29,38)(H,30,39)/t9-,12-,13?,15?,18-,27-/m0/s1. The lowest BCUT2D eigenvalue weighted by Gasteiger charge is -2.52. The zero-order valence-electron chi connectivity index (χ0n) is 22.1. The van der Waals surface area contributed by atoms with E-state index >= 15 is 4.39 Å². The van der Waals surface area contributed by atoms with Gasteiger partial charge in [0.1, 0.15) is 11.4 Å². The normalized spacial score (nSPS) is 34.5. The number of likely N-dealkylation sites (N-methyl/N-ethyl adjacent to an activating group) is 2. The van der Waals surface area contributed by atoms with Crippen LogP contribution in [0, 0.1) is 29.5 Å². The maximum Gasteiger partial charge on any atom is 0.245 e. The first-order valence-corrected chi connectivity index (χ1v) is 13.1. The van der Waals surface area contributed by atoms with Gasteiger partial charge in [0.2, 0.25) is 11.8 Å². The Balaban J connectivity index is 1.48. The molecule has 0 saturated heterocycles. The van der Waals surface area contributed by atoms with Gasteiger partial charge in [-0.3, -0.25) is 38.6 Å². The third-order valence-corrected chi connectivity index (χ3v) is 9.77. The molecule has 212 valence electrons. The second kappa shape index (κ2) is 8.24. The van der Waals surface area contributed by atoms with Gasteiger partial charge in [-0.25, -0.2) is 4.39 Å². The molecule has 1 spiro atoms. The number of carbonyl (C=O) groups is 6. The van der Waals surface area contributed by atoms with Crippen molar-refractivity contribution < 1.29 is 43.4 Å². The maximum absolute atomic E-state index is 16.1. The lowest BCUT2D eigenvalue weighted by atomic mass is 9.52. The highest BCUT2D eigenvalue weighted by molar-refractivity contribution is 6.32. The van der Waals surface area contributed by atoms with Crippen molar-refractivity contribution in [3.8, 4) is 5.75 Å². The molecule has 5 aliphatic rings. The topological polar surface area (TPSA) is 187 Å². The Morgan fingerprint density at radius 3 is 2.35 bits per heavy atom. The molecule has 2 amide bonds. The van der Waals surface area contributed by atoms with Gasteiger partial charge in [0.25, 0.3) is 0 Å². The van der Waals surface area contributed by atoms with Crippen LogP contribution in [0.3, 0.4) is 0 Å². The van der Waals surface area contributed by atoms with Crippen molar-refractivity contribution in [1.82, 2.24) is 9.80 Å². The second-order valence-electron chi connectivity index (χ2n) is 12.0.